The van der Waals surface area contributed by atoms with Gasteiger partial charge >= 0.3 is 0 Å². The topological polar surface area (TPSA) is 47.8 Å². The average Bonchev–Trinajstić information content (AvgIpc) is 2.58. The third-order valence-corrected chi connectivity index (χ3v) is 2.76. The van der Waals surface area contributed by atoms with E-state index in [2.05, 4.69) is 10.3 Å². The van der Waals surface area contributed by atoms with Crippen molar-refractivity contribution >= 4 is 29.0 Å². The van der Waals surface area contributed by atoms with Crippen molar-refractivity contribution < 1.29 is 4.79 Å². The number of ketones is 1. The number of carbonyl (C=O) groups excluding carboxylic acids is 1. The first kappa shape index (κ1) is 12.1. The number of hydrogen-bond donors (Lipinski definition) is 0. The van der Waals surface area contributed by atoms with E-state index in [0.717, 1.165) is 0 Å². The molecule has 0 N–H and O–H groups in total. The van der Waals surface area contributed by atoms with Gasteiger partial charge in [0, 0.05) is 17.0 Å². The molecule has 2 aromatic rings. The van der Waals surface area contributed by atoms with Crippen LogP contribution in [0.25, 0.3) is 5.69 Å². The fraction of sp³-hybridized carbons (Fsp3) is 0.182. The number of hydrogen-bond acceptors (Lipinski definition) is 3. The molecular weight excluding hydrogens is 261 g/mol. The van der Waals surface area contributed by atoms with E-state index in [1.54, 1.807) is 25.1 Å². The minimum absolute atomic E-state index is 0.123. The van der Waals surface area contributed by atoms with Crippen molar-refractivity contribution in [3.8, 4) is 5.69 Å². The Labute approximate surface area is 108 Å². The number of nitrogens with zero attached hydrogens (tertiary/aromatic N) is 3. The second-order valence-electron chi connectivity index (χ2n) is 3.62. The van der Waals surface area contributed by atoms with Gasteiger partial charge in [-0.3, -0.25) is 4.79 Å². The molecule has 17 heavy (non-hydrogen) atoms. The molecule has 0 fully saturated rings. The second-order valence-corrected chi connectivity index (χ2v) is 4.49. The maximum Gasteiger partial charge on any atom is 0.181 e. The van der Waals surface area contributed by atoms with Crippen molar-refractivity contribution in [2.75, 3.05) is 0 Å². The van der Waals surface area contributed by atoms with Gasteiger partial charge in [-0.1, -0.05) is 28.4 Å². The van der Waals surface area contributed by atoms with E-state index in [1.165, 1.54) is 11.6 Å². The molecule has 0 saturated carbocycles. The van der Waals surface area contributed by atoms with E-state index in [0.29, 0.717) is 27.1 Å². The normalized spacial score (nSPS) is 10.6. The van der Waals surface area contributed by atoms with Crippen molar-refractivity contribution in [1.82, 2.24) is 15.0 Å². The molecule has 0 aliphatic carbocycles. The van der Waals surface area contributed by atoms with Crippen molar-refractivity contribution in [3.05, 3.63) is 39.6 Å². The zero-order valence-electron chi connectivity index (χ0n) is 9.24. The summed E-state index contributed by atoms with van der Waals surface area (Å²) in [5.74, 6) is -0.123. The highest BCUT2D eigenvalue weighted by Gasteiger charge is 2.14. The van der Waals surface area contributed by atoms with E-state index in [1.807, 2.05) is 0 Å². The van der Waals surface area contributed by atoms with Gasteiger partial charge in [0.25, 0.3) is 0 Å². The summed E-state index contributed by atoms with van der Waals surface area (Å²) in [6.07, 6.45) is 0. The van der Waals surface area contributed by atoms with Crippen LogP contribution >= 0.6 is 23.2 Å². The highest BCUT2D eigenvalue weighted by molar-refractivity contribution is 6.34. The molecule has 0 atom stereocenters. The summed E-state index contributed by atoms with van der Waals surface area (Å²) < 4.78 is 1.54. The third kappa shape index (κ3) is 2.33. The predicted molar refractivity (Wildman–Crippen MR) is 66.1 cm³/mol. The number of rotatable bonds is 2. The Balaban J connectivity index is 2.57. The van der Waals surface area contributed by atoms with Gasteiger partial charge in [0.05, 0.1) is 11.4 Å². The minimum Gasteiger partial charge on any atom is -0.293 e. The van der Waals surface area contributed by atoms with Gasteiger partial charge in [-0.25, -0.2) is 4.68 Å². The zero-order chi connectivity index (χ0) is 12.6. The Kier molecular flexibility index (Phi) is 3.17. The lowest BCUT2D eigenvalue weighted by molar-refractivity contribution is 0.101. The molecule has 0 aliphatic rings. The van der Waals surface area contributed by atoms with E-state index in [4.69, 9.17) is 23.2 Å². The SMILES string of the molecule is CC(=O)c1nnn(-c2cc(Cl)cc(Cl)c2)c1C. The molecule has 1 aromatic heterocycles. The van der Waals surface area contributed by atoms with Gasteiger partial charge in [-0.15, -0.1) is 5.10 Å². The second kappa shape index (κ2) is 4.47. The van der Waals surface area contributed by atoms with E-state index < -0.39 is 0 Å². The molecule has 2 rings (SSSR count). The third-order valence-electron chi connectivity index (χ3n) is 2.32. The van der Waals surface area contributed by atoms with Gasteiger partial charge < -0.3 is 0 Å². The average molecular weight is 270 g/mol. The fourth-order valence-electron chi connectivity index (χ4n) is 1.56. The summed E-state index contributed by atoms with van der Waals surface area (Å²) in [5, 5.41) is 8.76. The molecule has 1 heterocycles. The number of halogens is 2. The zero-order valence-corrected chi connectivity index (χ0v) is 10.7. The van der Waals surface area contributed by atoms with Gasteiger partial charge in [0.15, 0.2) is 11.5 Å². The van der Waals surface area contributed by atoms with Crippen LogP contribution < -0.4 is 0 Å². The van der Waals surface area contributed by atoms with E-state index in [9.17, 15) is 4.79 Å². The largest absolute Gasteiger partial charge is 0.293 e. The Bertz CT molecular complexity index is 572. The smallest absolute Gasteiger partial charge is 0.181 e. The van der Waals surface area contributed by atoms with Crippen LogP contribution in [0.2, 0.25) is 10.0 Å². The fourth-order valence-corrected chi connectivity index (χ4v) is 2.08. The van der Waals surface area contributed by atoms with Crippen LogP contribution in [0.4, 0.5) is 0 Å². The molecule has 0 radical (unpaired) electrons. The van der Waals surface area contributed by atoms with Gasteiger partial charge in [-0.2, -0.15) is 0 Å². The Morgan fingerprint density at radius 3 is 2.29 bits per heavy atom. The lowest BCUT2D eigenvalue weighted by Crippen LogP contribution is -2.01. The van der Waals surface area contributed by atoms with Crippen LogP contribution in [0.15, 0.2) is 18.2 Å². The Morgan fingerprint density at radius 2 is 1.82 bits per heavy atom. The summed E-state index contributed by atoms with van der Waals surface area (Å²) in [6.45, 7) is 3.22. The maximum atomic E-state index is 11.3. The Morgan fingerprint density at radius 1 is 1.24 bits per heavy atom. The minimum atomic E-state index is -0.123. The van der Waals surface area contributed by atoms with Crippen LogP contribution in [0.5, 0.6) is 0 Å². The lowest BCUT2D eigenvalue weighted by atomic mass is 10.2. The maximum absolute atomic E-state index is 11.3. The first-order valence-electron chi connectivity index (χ1n) is 4.88. The molecule has 0 unspecified atom stereocenters. The predicted octanol–water partition coefficient (Wildman–Crippen LogP) is 3.09. The van der Waals surface area contributed by atoms with Crippen molar-refractivity contribution in [2.45, 2.75) is 13.8 Å². The van der Waals surface area contributed by atoms with Gasteiger partial charge in [0.2, 0.25) is 0 Å². The molecular formula is C11H9Cl2N3O. The van der Waals surface area contributed by atoms with Crippen molar-refractivity contribution in [1.29, 1.82) is 0 Å². The molecule has 0 saturated heterocycles. The van der Waals surface area contributed by atoms with Crippen LogP contribution in [-0.2, 0) is 0 Å². The quantitative estimate of drug-likeness (QED) is 0.788. The molecule has 0 aliphatic heterocycles. The molecule has 0 bridgehead atoms. The molecule has 0 amide bonds. The Hall–Kier alpha value is -1.39. The van der Waals surface area contributed by atoms with Crippen molar-refractivity contribution in [3.63, 3.8) is 0 Å². The first-order valence-corrected chi connectivity index (χ1v) is 5.64. The molecule has 6 heteroatoms. The number of benzene rings is 1. The highest BCUT2D eigenvalue weighted by atomic mass is 35.5. The monoisotopic (exact) mass is 269 g/mol. The molecule has 1 aromatic carbocycles. The number of carbonyl (C=O) groups is 1. The van der Waals surface area contributed by atoms with Crippen LogP contribution in [-0.4, -0.2) is 20.8 Å². The van der Waals surface area contributed by atoms with E-state index >= 15 is 0 Å². The number of aromatic nitrogens is 3. The van der Waals surface area contributed by atoms with E-state index in [-0.39, 0.29) is 5.78 Å². The first-order chi connectivity index (χ1) is 7.99. The van der Waals surface area contributed by atoms with Crippen LogP contribution in [0.3, 0.4) is 0 Å². The molecule has 0 spiro atoms. The summed E-state index contributed by atoms with van der Waals surface area (Å²) in [7, 11) is 0. The van der Waals surface area contributed by atoms with Gasteiger partial charge in [0.1, 0.15) is 0 Å². The van der Waals surface area contributed by atoms with Gasteiger partial charge in [-0.05, 0) is 25.1 Å². The number of Topliss-reactive ketones (excluding diaryl/α,β-unsaturated/α-hetero) is 1. The lowest BCUT2D eigenvalue weighted by Gasteiger charge is -2.04. The summed E-state index contributed by atoms with van der Waals surface area (Å²) in [6, 6.07) is 5.04. The molecule has 4 nitrogen and oxygen atoms in total. The summed E-state index contributed by atoms with van der Waals surface area (Å²) in [5.41, 5.74) is 1.69. The highest BCUT2D eigenvalue weighted by Crippen LogP contribution is 2.22. The van der Waals surface area contributed by atoms with Crippen LogP contribution in [0.1, 0.15) is 23.1 Å². The summed E-state index contributed by atoms with van der Waals surface area (Å²) in [4.78, 5) is 11.3. The standard InChI is InChI=1S/C11H9Cl2N3O/c1-6-11(7(2)17)14-15-16(6)10-4-8(12)3-9(13)5-10/h3-5H,1-2H3. The van der Waals surface area contributed by atoms with Crippen molar-refractivity contribution in [2.24, 2.45) is 0 Å². The molecule has 88 valence electrons. The van der Waals surface area contributed by atoms with Crippen LogP contribution in [0, 0.1) is 6.92 Å². The summed E-state index contributed by atoms with van der Waals surface area (Å²) >= 11 is 11.8.